The van der Waals surface area contributed by atoms with Gasteiger partial charge < -0.3 is 9.64 Å². The molecule has 0 saturated carbocycles. The van der Waals surface area contributed by atoms with E-state index in [9.17, 15) is 18.8 Å². The van der Waals surface area contributed by atoms with E-state index in [1.807, 2.05) is 0 Å². The van der Waals surface area contributed by atoms with Gasteiger partial charge in [0.1, 0.15) is 5.82 Å². The van der Waals surface area contributed by atoms with Crippen molar-refractivity contribution in [3.8, 4) is 0 Å². The lowest BCUT2D eigenvalue weighted by Gasteiger charge is -2.34. The number of hydrogen-bond acceptors (Lipinski definition) is 4. The maximum Gasteiger partial charge on any atom is 0.417 e. The van der Waals surface area contributed by atoms with E-state index in [4.69, 9.17) is 4.74 Å². The highest BCUT2D eigenvalue weighted by Gasteiger charge is 2.39. The Morgan fingerprint density at radius 3 is 2.45 bits per heavy atom. The van der Waals surface area contributed by atoms with Crippen LogP contribution in [0.2, 0.25) is 0 Å². The molecule has 0 bridgehead atoms. The Morgan fingerprint density at radius 2 is 1.86 bits per heavy atom. The summed E-state index contributed by atoms with van der Waals surface area (Å²) >= 11 is 0. The first-order valence-corrected chi connectivity index (χ1v) is 7.10. The number of carbonyl (C=O) groups is 3. The SMILES string of the molecule is O=C(c1ccccc1F)N1CCC(N2C(=O)COC2=O)CC1. The molecule has 22 heavy (non-hydrogen) atoms. The van der Waals surface area contributed by atoms with Gasteiger partial charge in [0.2, 0.25) is 0 Å². The van der Waals surface area contributed by atoms with Crippen molar-refractivity contribution in [1.29, 1.82) is 0 Å². The predicted octanol–water partition coefficient (Wildman–Crippen LogP) is 1.41. The molecule has 2 heterocycles. The fourth-order valence-corrected chi connectivity index (χ4v) is 2.85. The summed E-state index contributed by atoms with van der Waals surface area (Å²) in [5.74, 6) is -1.26. The number of hydrogen-bond donors (Lipinski definition) is 0. The second-order valence-corrected chi connectivity index (χ2v) is 5.32. The third-order valence-corrected chi connectivity index (χ3v) is 4.01. The highest BCUT2D eigenvalue weighted by atomic mass is 19.1. The minimum absolute atomic E-state index is 0.0395. The molecule has 1 aromatic rings. The molecule has 7 heteroatoms. The van der Waals surface area contributed by atoms with Crippen molar-refractivity contribution in [3.05, 3.63) is 35.6 Å². The largest absolute Gasteiger partial charge is 0.439 e. The molecule has 3 amide bonds. The van der Waals surface area contributed by atoms with Gasteiger partial charge in [0.05, 0.1) is 5.56 Å². The Hall–Kier alpha value is -2.44. The lowest BCUT2D eigenvalue weighted by Crippen LogP contribution is -2.48. The van der Waals surface area contributed by atoms with Gasteiger partial charge >= 0.3 is 6.09 Å². The normalized spacial score (nSPS) is 19.5. The molecule has 1 aromatic carbocycles. The highest BCUT2D eigenvalue weighted by molar-refractivity contribution is 5.98. The molecule has 2 saturated heterocycles. The van der Waals surface area contributed by atoms with E-state index in [2.05, 4.69) is 0 Å². The zero-order valence-electron chi connectivity index (χ0n) is 11.8. The van der Waals surface area contributed by atoms with Crippen LogP contribution in [0.25, 0.3) is 0 Å². The second kappa shape index (κ2) is 5.75. The van der Waals surface area contributed by atoms with E-state index in [1.54, 1.807) is 11.0 Å². The smallest absolute Gasteiger partial charge is 0.417 e. The van der Waals surface area contributed by atoms with Crippen LogP contribution in [0.5, 0.6) is 0 Å². The van der Waals surface area contributed by atoms with Crippen molar-refractivity contribution >= 4 is 17.9 Å². The highest BCUT2D eigenvalue weighted by Crippen LogP contribution is 2.22. The van der Waals surface area contributed by atoms with E-state index >= 15 is 0 Å². The van der Waals surface area contributed by atoms with Crippen molar-refractivity contribution in [1.82, 2.24) is 9.80 Å². The molecule has 116 valence electrons. The first kappa shape index (κ1) is 14.5. The summed E-state index contributed by atoms with van der Waals surface area (Å²) in [6, 6.07) is 5.58. The van der Waals surface area contributed by atoms with Gasteiger partial charge in [-0.15, -0.1) is 0 Å². The van der Waals surface area contributed by atoms with E-state index < -0.39 is 11.9 Å². The first-order valence-electron chi connectivity index (χ1n) is 7.10. The molecule has 0 aromatic heterocycles. The lowest BCUT2D eigenvalue weighted by atomic mass is 10.0. The number of nitrogens with zero attached hydrogens (tertiary/aromatic N) is 2. The van der Waals surface area contributed by atoms with Gasteiger partial charge in [-0.3, -0.25) is 9.59 Å². The Labute approximate surface area is 126 Å². The molecule has 2 aliphatic rings. The number of imide groups is 1. The summed E-state index contributed by atoms with van der Waals surface area (Å²) in [5.41, 5.74) is 0.0395. The minimum Gasteiger partial charge on any atom is -0.439 e. The summed E-state index contributed by atoms with van der Waals surface area (Å²) in [4.78, 5) is 38.1. The van der Waals surface area contributed by atoms with Crippen LogP contribution in [0, 0.1) is 5.82 Å². The van der Waals surface area contributed by atoms with Crippen LogP contribution in [-0.4, -0.2) is 53.4 Å². The number of likely N-dealkylation sites (tertiary alicyclic amines) is 1. The average molecular weight is 306 g/mol. The van der Waals surface area contributed by atoms with Crippen molar-refractivity contribution in [3.63, 3.8) is 0 Å². The Bertz CT molecular complexity index is 610. The van der Waals surface area contributed by atoms with E-state index in [-0.39, 0.29) is 30.0 Å². The number of amides is 3. The summed E-state index contributed by atoms with van der Waals surface area (Å²) in [6.45, 7) is 0.525. The van der Waals surface area contributed by atoms with Crippen LogP contribution < -0.4 is 0 Å². The summed E-state index contributed by atoms with van der Waals surface area (Å²) in [7, 11) is 0. The van der Waals surface area contributed by atoms with Crippen LogP contribution in [0.15, 0.2) is 24.3 Å². The fraction of sp³-hybridized carbons (Fsp3) is 0.400. The van der Waals surface area contributed by atoms with Crippen LogP contribution in [0.1, 0.15) is 23.2 Å². The number of ether oxygens (including phenoxy) is 1. The van der Waals surface area contributed by atoms with E-state index in [1.165, 1.54) is 18.2 Å². The third kappa shape index (κ3) is 2.54. The molecule has 0 unspecified atom stereocenters. The number of cyclic esters (lactones) is 1. The molecule has 2 aliphatic heterocycles. The van der Waals surface area contributed by atoms with E-state index in [0.29, 0.717) is 25.9 Å². The molecule has 0 N–H and O–H groups in total. The van der Waals surface area contributed by atoms with Crippen molar-refractivity contribution < 1.29 is 23.5 Å². The maximum absolute atomic E-state index is 13.7. The zero-order chi connectivity index (χ0) is 15.7. The van der Waals surface area contributed by atoms with Gasteiger partial charge in [0.15, 0.2) is 6.61 Å². The monoisotopic (exact) mass is 306 g/mol. The fourth-order valence-electron chi connectivity index (χ4n) is 2.85. The molecule has 0 aliphatic carbocycles. The summed E-state index contributed by atoms with van der Waals surface area (Å²) in [6.07, 6.45) is 0.325. The Morgan fingerprint density at radius 1 is 1.18 bits per heavy atom. The van der Waals surface area contributed by atoms with Crippen LogP contribution >= 0.6 is 0 Å². The number of rotatable bonds is 2. The standard InChI is InChI=1S/C15H15FN2O4/c16-12-4-2-1-3-11(12)14(20)17-7-5-10(6-8-17)18-13(19)9-22-15(18)21/h1-4,10H,5-9H2. The maximum atomic E-state index is 13.7. The molecule has 3 rings (SSSR count). The van der Waals surface area contributed by atoms with Crippen LogP contribution in [0.4, 0.5) is 9.18 Å². The Kier molecular flexibility index (Phi) is 3.79. The van der Waals surface area contributed by atoms with Crippen molar-refractivity contribution in [2.75, 3.05) is 19.7 Å². The molecule has 0 spiro atoms. The van der Waals surface area contributed by atoms with Gasteiger partial charge in [-0.25, -0.2) is 14.1 Å². The average Bonchev–Trinajstić information content (AvgIpc) is 2.86. The molecule has 0 atom stereocenters. The topological polar surface area (TPSA) is 66.9 Å². The van der Waals surface area contributed by atoms with E-state index in [0.717, 1.165) is 4.90 Å². The summed E-state index contributed by atoms with van der Waals surface area (Å²) in [5, 5.41) is 0. The van der Waals surface area contributed by atoms with Crippen molar-refractivity contribution in [2.24, 2.45) is 0 Å². The third-order valence-electron chi connectivity index (χ3n) is 4.01. The molecule has 6 nitrogen and oxygen atoms in total. The van der Waals surface area contributed by atoms with Gasteiger partial charge in [-0.1, -0.05) is 12.1 Å². The number of carbonyl (C=O) groups excluding carboxylic acids is 3. The quantitative estimate of drug-likeness (QED) is 0.828. The minimum atomic E-state index is -0.621. The van der Waals surface area contributed by atoms with Gasteiger partial charge in [-0.2, -0.15) is 0 Å². The number of piperidine rings is 1. The van der Waals surface area contributed by atoms with Crippen LogP contribution in [-0.2, 0) is 9.53 Å². The van der Waals surface area contributed by atoms with Gasteiger partial charge in [0.25, 0.3) is 11.8 Å². The number of benzene rings is 1. The zero-order valence-corrected chi connectivity index (χ0v) is 11.8. The molecule has 2 fully saturated rings. The van der Waals surface area contributed by atoms with Gasteiger partial charge in [-0.05, 0) is 25.0 Å². The second-order valence-electron chi connectivity index (χ2n) is 5.32. The van der Waals surface area contributed by atoms with Crippen LogP contribution in [0.3, 0.4) is 0 Å². The summed E-state index contributed by atoms with van der Waals surface area (Å²) < 4.78 is 18.4. The van der Waals surface area contributed by atoms with Gasteiger partial charge in [0, 0.05) is 19.1 Å². The predicted molar refractivity (Wildman–Crippen MR) is 73.5 cm³/mol. The first-order chi connectivity index (χ1) is 10.6. The van der Waals surface area contributed by atoms with Crippen molar-refractivity contribution in [2.45, 2.75) is 18.9 Å². The molecular weight excluding hydrogens is 291 g/mol. The number of halogens is 1. The molecule has 0 radical (unpaired) electrons. The molecular formula is C15H15FN2O4. The Balaban J connectivity index is 1.65. The lowest BCUT2D eigenvalue weighted by molar-refractivity contribution is -0.127.